The number of rotatable bonds is 6. The van der Waals surface area contributed by atoms with E-state index in [0.29, 0.717) is 22.9 Å². The Morgan fingerprint density at radius 2 is 1.81 bits per heavy atom. The number of benzene rings is 1. The van der Waals surface area contributed by atoms with Crippen LogP contribution in [-0.4, -0.2) is 52.3 Å². The first kappa shape index (κ1) is 24.1. The molecule has 3 aromatic heterocycles. The van der Waals surface area contributed by atoms with Crippen LogP contribution in [0.4, 0.5) is 21.7 Å². The molecule has 0 saturated carbocycles. The maximum absolute atomic E-state index is 14.4. The van der Waals surface area contributed by atoms with Gasteiger partial charge in [0.05, 0.1) is 5.69 Å². The lowest BCUT2D eigenvalue weighted by Crippen LogP contribution is -2.34. The Morgan fingerprint density at radius 3 is 2.44 bits per heavy atom. The highest BCUT2D eigenvalue weighted by atomic mass is 32.2. The predicted molar refractivity (Wildman–Crippen MR) is 136 cm³/mol. The van der Waals surface area contributed by atoms with E-state index in [1.165, 1.54) is 18.2 Å². The summed E-state index contributed by atoms with van der Waals surface area (Å²) in [7, 11) is -3.63. The molecule has 0 amide bonds. The number of nitrogens with one attached hydrogen (secondary N) is 1. The van der Waals surface area contributed by atoms with Gasteiger partial charge in [-0.1, -0.05) is 13.8 Å². The van der Waals surface area contributed by atoms with Gasteiger partial charge in [-0.3, -0.25) is 4.40 Å². The molecule has 0 bridgehead atoms. The molecule has 1 N–H and O–H groups in total. The number of halogens is 1. The third-order valence-electron chi connectivity index (χ3n) is 6.54. The Labute approximate surface area is 209 Å². The van der Waals surface area contributed by atoms with Gasteiger partial charge in [0.25, 0.3) is 0 Å². The van der Waals surface area contributed by atoms with E-state index in [0.717, 1.165) is 49.5 Å². The molecule has 188 valence electrons. The van der Waals surface area contributed by atoms with Crippen molar-refractivity contribution in [2.75, 3.05) is 29.6 Å². The van der Waals surface area contributed by atoms with Crippen molar-refractivity contribution in [2.45, 2.75) is 43.4 Å². The number of anilines is 3. The van der Waals surface area contributed by atoms with Crippen LogP contribution in [0.15, 0.2) is 53.8 Å². The molecule has 1 aromatic carbocycles. The smallest absolute Gasteiger partial charge is 0.225 e. The first-order valence-electron chi connectivity index (χ1n) is 11.9. The minimum absolute atomic E-state index is 0.230. The Kier molecular flexibility index (Phi) is 6.33. The average molecular weight is 510 g/mol. The zero-order valence-corrected chi connectivity index (χ0v) is 21.2. The molecule has 0 aliphatic carbocycles. The molecule has 4 aromatic rings. The van der Waals surface area contributed by atoms with Crippen molar-refractivity contribution in [2.24, 2.45) is 0 Å². The Hall–Kier alpha value is -3.60. The zero-order valence-electron chi connectivity index (χ0n) is 20.4. The number of hydrogen-bond donors (Lipinski definition) is 1. The van der Waals surface area contributed by atoms with Gasteiger partial charge in [0, 0.05) is 49.5 Å². The van der Waals surface area contributed by atoms with Crippen LogP contribution in [0.25, 0.3) is 5.65 Å². The summed E-state index contributed by atoms with van der Waals surface area (Å²) in [5.74, 6) is 1.46. The maximum atomic E-state index is 14.4. The van der Waals surface area contributed by atoms with Crippen LogP contribution in [0, 0.1) is 5.82 Å². The van der Waals surface area contributed by atoms with Gasteiger partial charge in [-0.2, -0.15) is 0 Å². The Morgan fingerprint density at radius 1 is 1.08 bits per heavy atom. The molecule has 0 radical (unpaired) electrons. The molecule has 0 spiro atoms. The van der Waals surface area contributed by atoms with Crippen LogP contribution in [0.2, 0.25) is 0 Å². The van der Waals surface area contributed by atoms with Gasteiger partial charge < -0.3 is 10.2 Å². The third kappa shape index (κ3) is 4.75. The normalized spacial score (nSPS) is 15.1. The van der Waals surface area contributed by atoms with Crippen molar-refractivity contribution in [3.05, 3.63) is 66.1 Å². The van der Waals surface area contributed by atoms with Gasteiger partial charge in [0.15, 0.2) is 15.5 Å². The summed E-state index contributed by atoms with van der Waals surface area (Å²) in [4.78, 5) is 11.0. The zero-order chi connectivity index (χ0) is 25.4. The predicted octanol–water partition coefficient (Wildman–Crippen LogP) is 4.31. The second-order valence-corrected chi connectivity index (χ2v) is 11.4. The fourth-order valence-corrected chi connectivity index (χ4v) is 5.20. The third-order valence-corrected chi connectivity index (χ3v) is 7.67. The average Bonchev–Trinajstić information content (AvgIpc) is 3.29. The summed E-state index contributed by atoms with van der Waals surface area (Å²) in [6, 6.07) is 7.67. The van der Waals surface area contributed by atoms with E-state index in [1.807, 2.05) is 35.1 Å². The second kappa shape index (κ2) is 9.45. The summed E-state index contributed by atoms with van der Waals surface area (Å²) in [6.45, 7) is 5.90. The first-order valence-corrected chi connectivity index (χ1v) is 13.8. The summed E-state index contributed by atoms with van der Waals surface area (Å²) < 4.78 is 39.7. The van der Waals surface area contributed by atoms with Crippen LogP contribution in [0.5, 0.6) is 0 Å². The number of fused-ring (bicyclic) bond motifs is 1. The first-order chi connectivity index (χ1) is 17.2. The molecule has 0 unspecified atom stereocenters. The topological polar surface area (TPSA) is 105 Å². The summed E-state index contributed by atoms with van der Waals surface area (Å²) in [5, 5.41) is 12.0. The minimum atomic E-state index is -3.63. The number of pyridine rings is 1. The lowest BCUT2D eigenvalue weighted by molar-refractivity contribution is 0.477. The van der Waals surface area contributed by atoms with Crippen molar-refractivity contribution < 1.29 is 12.8 Å². The van der Waals surface area contributed by atoms with Crippen molar-refractivity contribution in [3.8, 4) is 0 Å². The molecular weight excluding hydrogens is 481 g/mol. The van der Waals surface area contributed by atoms with Gasteiger partial charge in [-0.15, -0.1) is 10.2 Å². The van der Waals surface area contributed by atoms with E-state index in [1.54, 1.807) is 0 Å². The monoisotopic (exact) mass is 509 g/mol. The molecule has 0 atom stereocenters. The molecule has 4 heterocycles. The maximum Gasteiger partial charge on any atom is 0.225 e. The molecule has 1 fully saturated rings. The number of aromatic nitrogens is 5. The summed E-state index contributed by atoms with van der Waals surface area (Å²) in [6.07, 6.45) is 8.50. The molecule has 1 aliphatic heterocycles. The van der Waals surface area contributed by atoms with Crippen molar-refractivity contribution in [1.29, 1.82) is 0 Å². The summed E-state index contributed by atoms with van der Waals surface area (Å²) in [5.41, 5.74) is 2.82. The molecule has 1 aliphatic rings. The van der Waals surface area contributed by atoms with Crippen molar-refractivity contribution in [1.82, 2.24) is 24.6 Å². The quantitative estimate of drug-likeness (QED) is 0.410. The fourth-order valence-electron chi connectivity index (χ4n) is 4.47. The highest BCUT2D eigenvalue weighted by Gasteiger charge is 2.26. The summed E-state index contributed by atoms with van der Waals surface area (Å²) >= 11 is 0. The molecule has 5 rings (SSSR count). The van der Waals surface area contributed by atoms with Crippen LogP contribution in [0.1, 0.15) is 49.9 Å². The van der Waals surface area contributed by atoms with Gasteiger partial charge in [0.1, 0.15) is 16.5 Å². The fraction of sp³-hybridized carbons (Fsp3) is 0.360. The molecule has 11 heteroatoms. The van der Waals surface area contributed by atoms with Crippen LogP contribution in [-0.2, 0) is 9.84 Å². The van der Waals surface area contributed by atoms with Crippen LogP contribution >= 0.6 is 0 Å². The number of hydrogen-bond acceptors (Lipinski definition) is 8. The van der Waals surface area contributed by atoms with E-state index < -0.39 is 15.7 Å². The Bertz CT molecular complexity index is 1490. The molecule has 1 saturated heterocycles. The Balaban J connectivity index is 1.32. The number of nitrogens with zero attached hydrogens (tertiary/aromatic N) is 6. The standard InChI is InChI=1S/C25H28FN7O2S/c1-16(2)18-14-27-25(28-15-18)32-11-8-17(9-12-32)23-30-31-24-21(5-4-10-33(23)24)29-19-6-7-22(20(26)13-19)36(3,34)35/h4-7,10,13-17,29H,8-9,11-12H2,1-3H3. The SMILES string of the molecule is CC(C)c1cnc(N2CCC(c3nnc4c(Nc5ccc(S(C)(=O)=O)c(F)c5)cccn34)CC2)nc1. The van der Waals surface area contributed by atoms with Crippen LogP contribution < -0.4 is 10.2 Å². The number of sulfone groups is 1. The van der Waals surface area contributed by atoms with Gasteiger partial charge in [-0.05, 0) is 54.7 Å². The minimum Gasteiger partial charge on any atom is -0.352 e. The van der Waals surface area contributed by atoms with Crippen LogP contribution in [0.3, 0.4) is 0 Å². The van der Waals surface area contributed by atoms with Gasteiger partial charge in [0.2, 0.25) is 5.95 Å². The highest BCUT2D eigenvalue weighted by molar-refractivity contribution is 7.90. The van der Waals surface area contributed by atoms with Gasteiger partial charge in [-0.25, -0.2) is 22.8 Å². The molecule has 36 heavy (non-hydrogen) atoms. The largest absolute Gasteiger partial charge is 0.352 e. The lowest BCUT2D eigenvalue weighted by Gasteiger charge is -2.31. The number of piperidine rings is 1. The lowest BCUT2D eigenvalue weighted by atomic mass is 9.96. The highest BCUT2D eigenvalue weighted by Crippen LogP contribution is 2.31. The van der Waals surface area contributed by atoms with Crippen molar-refractivity contribution in [3.63, 3.8) is 0 Å². The van der Waals surface area contributed by atoms with Crippen molar-refractivity contribution >= 4 is 32.8 Å². The van der Waals surface area contributed by atoms with Gasteiger partial charge >= 0.3 is 0 Å². The second-order valence-electron chi connectivity index (χ2n) is 9.45. The van der Waals surface area contributed by atoms with E-state index in [-0.39, 0.29) is 10.8 Å². The van der Waals surface area contributed by atoms with E-state index in [2.05, 4.69) is 44.2 Å². The van der Waals surface area contributed by atoms with E-state index >= 15 is 0 Å². The van der Waals surface area contributed by atoms with E-state index in [9.17, 15) is 12.8 Å². The molecule has 9 nitrogen and oxygen atoms in total. The van der Waals surface area contributed by atoms with E-state index in [4.69, 9.17) is 0 Å². The molecular formula is C25H28FN7O2S.